The van der Waals surface area contributed by atoms with Crippen LogP contribution >= 0.6 is 0 Å². The molecule has 0 saturated heterocycles. The van der Waals surface area contributed by atoms with Gasteiger partial charge in [0, 0.05) is 5.56 Å². The van der Waals surface area contributed by atoms with Gasteiger partial charge in [-0.15, -0.1) is 0 Å². The number of aryl methyl sites for hydroxylation is 1. The standard InChI is InChI=1S/C10H7F6NO3/c1-5-3-2-4-6(7(5)17(19)20)8(18,9(11,12)13)10(14,15)16/h2-4,18H,1H3. The lowest BCUT2D eigenvalue weighted by Gasteiger charge is -2.32. The summed E-state index contributed by atoms with van der Waals surface area (Å²) in [4.78, 5) is 9.31. The van der Waals surface area contributed by atoms with Crippen molar-refractivity contribution in [3.05, 3.63) is 39.4 Å². The molecule has 0 aliphatic heterocycles. The summed E-state index contributed by atoms with van der Waals surface area (Å²) in [6, 6.07) is 1.96. The number of rotatable bonds is 2. The second kappa shape index (κ2) is 4.62. The second-order valence-corrected chi connectivity index (χ2v) is 3.93. The van der Waals surface area contributed by atoms with E-state index in [1.807, 2.05) is 0 Å². The van der Waals surface area contributed by atoms with Gasteiger partial charge in [0.2, 0.25) is 0 Å². The molecule has 1 aromatic carbocycles. The van der Waals surface area contributed by atoms with E-state index >= 15 is 0 Å². The highest BCUT2D eigenvalue weighted by atomic mass is 19.4. The second-order valence-electron chi connectivity index (χ2n) is 3.93. The van der Waals surface area contributed by atoms with Crippen LogP contribution in [0.3, 0.4) is 0 Å². The van der Waals surface area contributed by atoms with Gasteiger partial charge in [-0.3, -0.25) is 10.1 Å². The van der Waals surface area contributed by atoms with Crippen LogP contribution in [0.15, 0.2) is 18.2 Å². The maximum atomic E-state index is 12.7. The Morgan fingerprint density at radius 3 is 1.90 bits per heavy atom. The van der Waals surface area contributed by atoms with Crippen molar-refractivity contribution >= 4 is 5.69 Å². The number of aliphatic hydroxyl groups is 1. The number of para-hydroxylation sites is 1. The van der Waals surface area contributed by atoms with Crippen molar-refractivity contribution in [1.29, 1.82) is 0 Å². The van der Waals surface area contributed by atoms with Gasteiger partial charge >= 0.3 is 12.4 Å². The van der Waals surface area contributed by atoms with Crippen LogP contribution in [0.25, 0.3) is 0 Å². The summed E-state index contributed by atoms with van der Waals surface area (Å²) >= 11 is 0. The quantitative estimate of drug-likeness (QED) is 0.518. The van der Waals surface area contributed by atoms with Crippen molar-refractivity contribution in [2.24, 2.45) is 0 Å². The predicted molar refractivity (Wildman–Crippen MR) is 53.8 cm³/mol. The monoisotopic (exact) mass is 303 g/mol. The van der Waals surface area contributed by atoms with E-state index in [1.165, 1.54) is 0 Å². The van der Waals surface area contributed by atoms with Crippen LogP contribution in [0.4, 0.5) is 32.0 Å². The number of hydrogen-bond donors (Lipinski definition) is 1. The lowest BCUT2D eigenvalue weighted by molar-refractivity contribution is -0.402. The smallest absolute Gasteiger partial charge is 0.369 e. The van der Waals surface area contributed by atoms with E-state index in [2.05, 4.69) is 0 Å². The van der Waals surface area contributed by atoms with Gasteiger partial charge in [-0.05, 0) is 13.0 Å². The lowest BCUT2D eigenvalue weighted by Crippen LogP contribution is -2.54. The molecule has 10 heteroatoms. The summed E-state index contributed by atoms with van der Waals surface area (Å²) in [6.45, 7) is 0.967. The van der Waals surface area contributed by atoms with Crippen molar-refractivity contribution in [3.8, 4) is 0 Å². The maximum Gasteiger partial charge on any atom is 0.430 e. The first-order valence-corrected chi connectivity index (χ1v) is 4.94. The molecule has 0 aromatic heterocycles. The normalized spacial score (nSPS) is 13.4. The molecular formula is C10H7F6NO3. The Morgan fingerprint density at radius 1 is 1.10 bits per heavy atom. The van der Waals surface area contributed by atoms with Crippen molar-refractivity contribution < 1.29 is 36.4 Å². The van der Waals surface area contributed by atoms with Crippen LogP contribution in [0.1, 0.15) is 11.1 Å². The molecule has 0 bridgehead atoms. The van der Waals surface area contributed by atoms with Gasteiger partial charge in [-0.1, -0.05) is 12.1 Å². The molecule has 4 nitrogen and oxygen atoms in total. The minimum Gasteiger partial charge on any atom is -0.369 e. The zero-order chi connectivity index (χ0) is 15.9. The largest absolute Gasteiger partial charge is 0.430 e. The number of nitro benzene ring substituents is 1. The maximum absolute atomic E-state index is 12.7. The van der Waals surface area contributed by atoms with E-state index in [1.54, 1.807) is 0 Å². The van der Waals surface area contributed by atoms with Crippen LogP contribution in [-0.2, 0) is 5.60 Å². The zero-order valence-corrected chi connectivity index (χ0v) is 9.71. The third-order valence-corrected chi connectivity index (χ3v) is 2.63. The van der Waals surface area contributed by atoms with Crippen LogP contribution in [0, 0.1) is 17.0 Å². The first kappa shape index (κ1) is 16.2. The van der Waals surface area contributed by atoms with Crippen molar-refractivity contribution in [3.63, 3.8) is 0 Å². The Hall–Kier alpha value is -1.84. The molecule has 0 aliphatic rings. The molecule has 0 atom stereocenters. The minimum absolute atomic E-state index is 0.228. The first-order chi connectivity index (χ1) is 8.84. The number of hydrogen-bond acceptors (Lipinski definition) is 3. The van der Waals surface area contributed by atoms with E-state index in [9.17, 15) is 36.5 Å². The van der Waals surface area contributed by atoms with Crippen LogP contribution in [0.2, 0.25) is 0 Å². The minimum atomic E-state index is -6.16. The third kappa shape index (κ3) is 2.30. The zero-order valence-electron chi connectivity index (χ0n) is 9.71. The third-order valence-electron chi connectivity index (χ3n) is 2.63. The summed E-state index contributed by atoms with van der Waals surface area (Å²) < 4.78 is 76.0. The number of halogens is 6. The van der Waals surface area contributed by atoms with E-state index in [0.29, 0.717) is 0 Å². The highest BCUT2D eigenvalue weighted by molar-refractivity contribution is 5.51. The van der Waals surface area contributed by atoms with Gasteiger partial charge in [0.1, 0.15) is 0 Å². The molecule has 0 aliphatic carbocycles. The highest BCUT2D eigenvalue weighted by Crippen LogP contribution is 2.52. The van der Waals surface area contributed by atoms with E-state index in [0.717, 1.165) is 19.1 Å². The van der Waals surface area contributed by atoms with Gasteiger partial charge in [-0.25, -0.2) is 0 Å². The Balaban J connectivity index is 3.78. The predicted octanol–water partition coefficient (Wildman–Crippen LogP) is 3.22. The molecule has 0 amide bonds. The van der Waals surface area contributed by atoms with Gasteiger partial charge in [0.15, 0.2) is 0 Å². The highest BCUT2D eigenvalue weighted by Gasteiger charge is 2.73. The Bertz CT molecular complexity index is 523. The molecule has 1 aromatic rings. The van der Waals surface area contributed by atoms with Crippen LogP contribution in [0.5, 0.6) is 0 Å². The Morgan fingerprint density at radius 2 is 1.55 bits per heavy atom. The number of nitro groups is 1. The van der Waals surface area contributed by atoms with Gasteiger partial charge in [-0.2, -0.15) is 26.3 Å². The fraction of sp³-hybridized carbons (Fsp3) is 0.400. The molecule has 1 rings (SSSR count). The fourth-order valence-corrected chi connectivity index (χ4v) is 1.66. The van der Waals surface area contributed by atoms with Crippen LogP contribution < -0.4 is 0 Å². The number of nitrogens with zero attached hydrogens (tertiary/aromatic N) is 1. The molecule has 0 saturated carbocycles. The van der Waals surface area contributed by atoms with Crippen molar-refractivity contribution in [2.45, 2.75) is 24.9 Å². The first-order valence-electron chi connectivity index (χ1n) is 4.94. The average molecular weight is 303 g/mol. The summed E-state index contributed by atoms with van der Waals surface area (Å²) in [5, 5.41) is 19.9. The molecule has 1 N–H and O–H groups in total. The van der Waals surface area contributed by atoms with Crippen molar-refractivity contribution in [1.82, 2.24) is 0 Å². The molecule has 0 fully saturated rings. The van der Waals surface area contributed by atoms with E-state index < -0.39 is 39.7 Å². The lowest BCUT2D eigenvalue weighted by atomic mass is 9.89. The van der Waals surface area contributed by atoms with E-state index in [-0.39, 0.29) is 6.07 Å². The molecule has 0 heterocycles. The average Bonchev–Trinajstić information content (AvgIpc) is 2.23. The summed E-state index contributed by atoms with van der Waals surface area (Å²) in [5.41, 5.74) is -9.03. The van der Waals surface area contributed by atoms with Gasteiger partial charge < -0.3 is 5.11 Å². The fourth-order valence-electron chi connectivity index (χ4n) is 1.66. The summed E-state index contributed by atoms with van der Waals surface area (Å²) in [5.74, 6) is 0. The molecule has 0 unspecified atom stereocenters. The summed E-state index contributed by atoms with van der Waals surface area (Å²) in [7, 11) is 0. The molecular weight excluding hydrogens is 296 g/mol. The summed E-state index contributed by atoms with van der Waals surface area (Å²) in [6.07, 6.45) is -12.3. The van der Waals surface area contributed by atoms with Gasteiger partial charge in [0.05, 0.1) is 10.5 Å². The molecule has 0 radical (unpaired) electrons. The number of alkyl halides is 6. The van der Waals surface area contributed by atoms with Gasteiger partial charge in [0.25, 0.3) is 11.3 Å². The molecule has 112 valence electrons. The Labute approximate surface area is 107 Å². The topological polar surface area (TPSA) is 63.4 Å². The Kier molecular flexibility index (Phi) is 3.74. The molecule has 20 heavy (non-hydrogen) atoms. The molecule has 0 spiro atoms. The van der Waals surface area contributed by atoms with E-state index in [4.69, 9.17) is 5.11 Å². The SMILES string of the molecule is Cc1cccc(C(O)(C(F)(F)F)C(F)(F)F)c1[N+](=O)[O-]. The number of benzene rings is 1. The van der Waals surface area contributed by atoms with Crippen LogP contribution in [-0.4, -0.2) is 22.4 Å². The van der Waals surface area contributed by atoms with Crippen molar-refractivity contribution in [2.75, 3.05) is 0 Å².